The van der Waals surface area contributed by atoms with E-state index in [1.165, 1.54) is 12.3 Å². The van der Waals surface area contributed by atoms with Crippen LogP contribution in [0.4, 0.5) is 5.69 Å². The van der Waals surface area contributed by atoms with Gasteiger partial charge in [0.2, 0.25) is 5.75 Å². The molecule has 3 rings (SSSR count). The normalized spacial score (nSPS) is 10.5. The number of pyridine rings is 1. The summed E-state index contributed by atoms with van der Waals surface area (Å²) in [4.78, 5) is 14.1. The molecule has 6 heteroatoms. The standard InChI is InChI=1S/C15H10N2O4/c18-12-3-1-10-2-4-13(8-11(10)7-12)21-15-5-6-16-9-14(15)17(19)20/h1-9,18H. The molecule has 0 saturated heterocycles. The molecular weight excluding hydrogens is 272 g/mol. The van der Waals surface area contributed by atoms with Crippen LogP contribution in [0.1, 0.15) is 0 Å². The molecule has 3 aromatic rings. The van der Waals surface area contributed by atoms with E-state index in [4.69, 9.17) is 4.74 Å². The maximum atomic E-state index is 10.9. The van der Waals surface area contributed by atoms with Gasteiger partial charge >= 0.3 is 5.69 Å². The number of rotatable bonds is 3. The first-order valence-electron chi connectivity index (χ1n) is 6.12. The Labute approximate surface area is 119 Å². The van der Waals surface area contributed by atoms with Gasteiger partial charge in [-0.2, -0.15) is 0 Å². The Balaban J connectivity index is 2.00. The average molecular weight is 282 g/mol. The summed E-state index contributed by atoms with van der Waals surface area (Å²) in [6.45, 7) is 0. The van der Waals surface area contributed by atoms with Gasteiger partial charge in [0.1, 0.15) is 17.7 Å². The third kappa shape index (κ3) is 2.59. The second-order valence-electron chi connectivity index (χ2n) is 4.40. The highest BCUT2D eigenvalue weighted by Gasteiger charge is 2.15. The van der Waals surface area contributed by atoms with Crippen LogP contribution >= 0.6 is 0 Å². The highest BCUT2D eigenvalue weighted by molar-refractivity contribution is 5.85. The first-order chi connectivity index (χ1) is 10.1. The van der Waals surface area contributed by atoms with E-state index in [2.05, 4.69) is 4.98 Å². The van der Waals surface area contributed by atoms with Crippen molar-refractivity contribution in [3.63, 3.8) is 0 Å². The zero-order chi connectivity index (χ0) is 14.8. The molecule has 0 fully saturated rings. The molecule has 0 atom stereocenters. The minimum atomic E-state index is -0.546. The summed E-state index contributed by atoms with van der Waals surface area (Å²) in [5, 5.41) is 22.1. The molecule has 1 N–H and O–H groups in total. The SMILES string of the molecule is O=[N+]([O-])c1cnccc1Oc1ccc2ccc(O)cc2c1. The number of phenolic OH excluding ortho intramolecular Hbond substituents is 1. The number of hydrogen-bond acceptors (Lipinski definition) is 5. The van der Waals surface area contributed by atoms with Gasteiger partial charge in [0.25, 0.3) is 0 Å². The van der Waals surface area contributed by atoms with Crippen molar-refractivity contribution in [2.45, 2.75) is 0 Å². The van der Waals surface area contributed by atoms with Crippen molar-refractivity contribution in [3.05, 3.63) is 65.0 Å². The lowest BCUT2D eigenvalue weighted by Gasteiger charge is -2.07. The van der Waals surface area contributed by atoms with E-state index in [0.717, 1.165) is 17.0 Å². The van der Waals surface area contributed by atoms with Crippen molar-refractivity contribution in [3.8, 4) is 17.2 Å². The van der Waals surface area contributed by atoms with Crippen LogP contribution in [0.15, 0.2) is 54.9 Å². The van der Waals surface area contributed by atoms with Crippen LogP contribution in [0.5, 0.6) is 17.2 Å². The van der Waals surface area contributed by atoms with Gasteiger partial charge in [0.05, 0.1) is 4.92 Å². The van der Waals surface area contributed by atoms with E-state index in [9.17, 15) is 15.2 Å². The van der Waals surface area contributed by atoms with E-state index in [0.29, 0.717) is 5.75 Å². The number of nitrogens with zero attached hydrogens (tertiary/aromatic N) is 2. The lowest BCUT2D eigenvalue weighted by Crippen LogP contribution is -1.94. The summed E-state index contributed by atoms with van der Waals surface area (Å²) in [6.07, 6.45) is 2.57. The molecule has 0 saturated carbocycles. The van der Waals surface area contributed by atoms with Gasteiger partial charge in [-0.15, -0.1) is 0 Å². The summed E-state index contributed by atoms with van der Waals surface area (Å²) >= 11 is 0. The molecule has 21 heavy (non-hydrogen) atoms. The molecule has 1 heterocycles. The molecule has 104 valence electrons. The minimum Gasteiger partial charge on any atom is -0.508 e. The number of ether oxygens (including phenoxy) is 1. The lowest BCUT2D eigenvalue weighted by atomic mass is 10.1. The Morgan fingerprint density at radius 1 is 1.10 bits per heavy atom. The van der Waals surface area contributed by atoms with E-state index in [1.807, 2.05) is 6.07 Å². The molecule has 0 amide bonds. The lowest BCUT2D eigenvalue weighted by molar-refractivity contribution is -0.386. The molecule has 0 aliphatic carbocycles. The maximum absolute atomic E-state index is 10.9. The average Bonchev–Trinajstić information content (AvgIpc) is 2.47. The molecule has 1 aromatic heterocycles. The number of fused-ring (bicyclic) bond motifs is 1. The Hall–Kier alpha value is -3.15. The molecule has 0 spiro atoms. The van der Waals surface area contributed by atoms with Gasteiger partial charge in [-0.25, -0.2) is 0 Å². The van der Waals surface area contributed by atoms with Gasteiger partial charge in [0.15, 0.2) is 0 Å². The topological polar surface area (TPSA) is 85.5 Å². The number of nitro groups is 1. The quantitative estimate of drug-likeness (QED) is 0.585. The third-order valence-corrected chi connectivity index (χ3v) is 2.98. The van der Waals surface area contributed by atoms with Crippen LogP contribution in [-0.4, -0.2) is 15.0 Å². The predicted octanol–water partition coefficient (Wildman–Crippen LogP) is 3.64. The van der Waals surface area contributed by atoms with Crippen LogP contribution in [0, 0.1) is 10.1 Å². The van der Waals surface area contributed by atoms with Crippen molar-refractivity contribution >= 4 is 16.5 Å². The number of aromatic nitrogens is 1. The summed E-state index contributed by atoms with van der Waals surface area (Å²) in [5.41, 5.74) is -0.200. The van der Waals surface area contributed by atoms with Crippen LogP contribution < -0.4 is 4.74 Å². The highest BCUT2D eigenvalue weighted by atomic mass is 16.6. The van der Waals surface area contributed by atoms with Crippen LogP contribution in [0.2, 0.25) is 0 Å². The fourth-order valence-electron chi connectivity index (χ4n) is 2.00. The molecule has 0 bridgehead atoms. The van der Waals surface area contributed by atoms with Gasteiger partial charge in [-0.05, 0) is 35.0 Å². The Morgan fingerprint density at radius 3 is 2.71 bits per heavy atom. The fraction of sp³-hybridized carbons (Fsp3) is 0. The first kappa shape index (κ1) is 12.9. The smallest absolute Gasteiger partial charge is 0.329 e. The zero-order valence-electron chi connectivity index (χ0n) is 10.8. The summed E-state index contributed by atoms with van der Waals surface area (Å²) in [7, 11) is 0. The monoisotopic (exact) mass is 282 g/mol. The van der Waals surface area contributed by atoms with Gasteiger partial charge in [-0.3, -0.25) is 15.1 Å². The van der Waals surface area contributed by atoms with Crippen LogP contribution in [0.25, 0.3) is 10.8 Å². The second-order valence-corrected chi connectivity index (χ2v) is 4.40. The number of benzene rings is 2. The van der Waals surface area contributed by atoms with E-state index in [1.54, 1.807) is 30.3 Å². The number of phenols is 1. The van der Waals surface area contributed by atoms with Gasteiger partial charge in [0, 0.05) is 12.3 Å². The summed E-state index contributed by atoms with van der Waals surface area (Å²) < 4.78 is 5.56. The molecule has 0 radical (unpaired) electrons. The number of hydrogen-bond donors (Lipinski definition) is 1. The summed E-state index contributed by atoms with van der Waals surface area (Å²) in [5.74, 6) is 0.714. The molecule has 0 aliphatic heterocycles. The second kappa shape index (κ2) is 5.09. The van der Waals surface area contributed by atoms with Crippen molar-refractivity contribution in [2.24, 2.45) is 0 Å². The first-order valence-corrected chi connectivity index (χ1v) is 6.12. The Kier molecular flexibility index (Phi) is 3.12. The van der Waals surface area contributed by atoms with Gasteiger partial charge < -0.3 is 9.84 Å². The zero-order valence-corrected chi connectivity index (χ0v) is 10.8. The molecule has 6 nitrogen and oxygen atoms in total. The van der Waals surface area contributed by atoms with E-state index >= 15 is 0 Å². The maximum Gasteiger partial charge on any atom is 0.329 e. The van der Waals surface area contributed by atoms with E-state index < -0.39 is 4.92 Å². The van der Waals surface area contributed by atoms with Crippen molar-refractivity contribution in [1.29, 1.82) is 0 Å². The third-order valence-electron chi connectivity index (χ3n) is 2.98. The van der Waals surface area contributed by atoms with Crippen molar-refractivity contribution in [2.75, 3.05) is 0 Å². The van der Waals surface area contributed by atoms with Gasteiger partial charge in [-0.1, -0.05) is 12.1 Å². The summed E-state index contributed by atoms with van der Waals surface area (Å²) in [6, 6.07) is 11.6. The largest absolute Gasteiger partial charge is 0.508 e. The predicted molar refractivity (Wildman–Crippen MR) is 76.6 cm³/mol. The minimum absolute atomic E-state index is 0.120. The van der Waals surface area contributed by atoms with E-state index in [-0.39, 0.29) is 17.2 Å². The number of aromatic hydroxyl groups is 1. The molecule has 0 aliphatic rings. The Morgan fingerprint density at radius 2 is 1.90 bits per heavy atom. The molecule has 2 aromatic carbocycles. The van der Waals surface area contributed by atoms with Crippen molar-refractivity contribution < 1.29 is 14.8 Å². The van der Waals surface area contributed by atoms with Crippen LogP contribution in [0.3, 0.4) is 0 Å². The molecular formula is C15H10N2O4. The fourth-order valence-corrected chi connectivity index (χ4v) is 2.00. The van der Waals surface area contributed by atoms with Crippen molar-refractivity contribution in [1.82, 2.24) is 4.98 Å². The van der Waals surface area contributed by atoms with Crippen LogP contribution in [-0.2, 0) is 0 Å². The Bertz CT molecular complexity index is 833. The highest BCUT2D eigenvalue weighted by Crippen LogP contribution is 2.32. The molecule has 0 unspecified atom stereocenters.